The highest BCUT2D eigenvalue weighted by molar-refractivity contribution is 6.07. The lowest BCUT2D eigenvalue weighted by Crippen LogP contribution is -2.54. The van der Waals surface area contributed by atoms with Crippen LogP contribution in [-0.4, -0.2) is 41.4 Å². The van der Waals surface area contributed by atoms with Crippen LogP contribution in [0.25, 0.3) is 0 Å². The Morgan fingerprint density at radius 1 is 1.29 bits per heavy atom. The van der Waals surface area contributed by atoms with E-state index in [4.69, 9.17) is 5.73 Å². The average molecular weight is 330 g/mol. The molecule has 3 rings (SSSR count). The molecule has 0 saturated carbocycles. The second kappa shape index (κ2) is 5.81. The number of nitrogens with zero attached hydrogens (tertiary/aromatic N) is 1. The van der Waals surface area contributed by atoms with Crippen LogP contribution in [0.4, 0.5) is 10.5 Å². The molecule has 0 aliphatic carbocycles. The molecule has 1 aromatic carbocycles. The third-order valence-electron chi connectivity index (χ3n) is 5.16. The van der Waals surface area contributed by atoms with Crippen molar-refractivity contribution in [3.05, 3.63) is 29.3 Å². The lowest BCUT2D eigenvalue weighted by molar-refractivity contribution is -0.125. The fourth-order valence-electron chi connectivity index (χ4n) is 3.54. The van der Waals surface area contributed by atoms with Crippen molar-refractivity contribution in [2.75, 3.05) is 18.8 Å². The summed E-state index contributed by atoms with van der Waals surface area (Å²) in [7, 11) is 0. The lowest BCUT2D eigenvalue weighted by atomic mass is 9.79. The molecule has 2 aliphatic heterocycles. The van der Waals surface area contributed by atoms with Gasteiger partial charge in [-0.25, -0.2) is 4.79 Å². The minimum absolute atomic E-state index is 0.00920. The maximum Gasteiger partial charge on any atom is 0.322 e. The summed E-state index contributed by atoms with van der Waals surface area (Å²) in [5.41, 5.74) is 6.98. The van der Waals surface area contributed by atoms with Crippen LogP contribution in [0.1, 0.15) is 35.7 Å². The Morgan fingerprint density at radius 3 is 2.54 bits per heavy atom. The van der Waals surface area contributed by atoms with E-state index in [2.05, 4.69) is 10.6 Å². The Hall–Kier alpha value is -2.57. The molecule has 0 aromatic heterocycles. The van der Waals surface area contributed by atoms with Gasteiger partial charge in [-0.2, -0.15) is 0 Å². The van der Waals surface area contributed by atoms with Crippen molar-refractivity contribution in [1.82, 2.24) is 15.5 Å². The van der Waals surface area contributed by atoms with E-state index in [0.29, 0.717) is 37.2 Å². The standard InChI is InChI=1S/C17H22N4O3/c1-10-3-4-12(18)9-13(10)14(22)21-7-5-11(6-8-21)17(2)15(23)19-16(24)20-17/h3-4,9,11H,5-8,18H2,1-2H3,(H2,19,20,23,24). The molecule has 7 nitrogen and oxygen atoms in total. The van der Waals surface area contributed by atoms with E-state index in [1.165, 1.54) is 0 Å². The van der Waals surface area contributed by atoms with Gasteiger partial charge in [0.25, 0.3) is 11.8 Å². The van der Waals surface area contributed by atoms with E-state index in [-0.39, 0.29) is 17.7 Å². The molecule has 0 radical (unpaired) electrons. The van der Waals surface area contributed by atoms with Crippen molar-refractivity contribution in [2.24, 2.45) is 5.92 Å². The lowest BCUT2D eigenvalue weighted by Gasteiger charge is -2.38. The van der Waals surface area contributed by atoms with Crippen LogP contribution >= 0.6 is 0 Å². The van der Waals surface area contributed by atoms with E-state index in [1.807, 2.05) is 13.0 Å². The molecule has 7 heteroatoms. The number of rotatable bonds is 2. The summed E-state index contributed by atoms with van der Waals surface area (Å²) in [5.74, 6) is -0.317. The highest BCUT2D eigenvalue weighted by Gasteiger charge is 2.48. The number of nitrogen functional groups attached to an aromatic ring is 1. The van der Waals surface area contributed by atoms with Gasteiger partial charge in [0.15, 0.2) is 0 Å². The summed E-state index contributed by atoms with van der Waals surface area (Å²) in [6.45, 7) is 4.74. The fraction of sp³-hybridized carbons (Fsp3) is 0.471. The Bertz CT molecular complexity index is 710. The number of benzene rings is 1. The summed E-state index contributed by atoms with van der Waals surface area (Å²) < 4.78 is 0. The van der Waals surface area contributed by atoms with Gasteiger partial charge in [-0.15, -0.1) is 0 Å². The molecule has 1 atom stereocenters. The molecule has 0 spiro atoms. The van der Waals surface area contributed by atoms with Gasteiger partial charge in [-0.05, 0) is 50.3 Å². The molecule has 2 heterocycles. The van der Waals surface area contributed by atoms with Gasteiger partial charge in [0.1, 0.15) is 5.54 Å². The van der Waals surface area contributed by atoms with Crippen molar-refractivity contribution in [3.63, 3.8) is 0 Å². The number of nitrogens with one attached hydrogen (secondary N) is 2. The van der Waals surface area contributed by atoms with Crippen LogP contribution in [0.5, 0.6) is 0 Å². The van der Waals surface area contributed by atoms with Crippen LogP contribution in [0.2, 0.25) is 0 Å². The van der Waals surface area contributed by atoms with Crippen LogP contribution in [0, 0.1) is 12.8 Å². The van der Waals surface area contributed by atoms with Gasteiger partial charge in [0, 0.05) is 24.3 Å². The van der Waals surface area contributed by atoms with Crippen molar-refractivity contribution >= 4 is 23.5 Å². The monoisotopic (exact) mass is 330 g/mol. The Labute approximate surface area is 140 Å². The predicted octanol–water partition coefficient (Wildman–Crippen LogP) is 1.03. The SMILES string of the molecule is Cc1ccc(N)cc1C(=O)N1CCC(C2(C)NC(=O)NC2=O)CC1. The summed E-state index contributed by atoms with van der Waals surface area (Å²) >= 11 is 0. The van der Waals surface area contributed by atoms with Crippen LogP contribution in [0.3, 0.4) is 0 Å². The van der Waals surface area contributed by atoms with E-state index in [9.17, 15) is 14.4 Å². The van der Waals surface area contributed by atoms with Crippen LogP contribution in [0.15, 0.2) is 18.2 Å². The molecule has 1 unspecified atom stereocenters. The highest BCUT2D eigenvalue weighted by Crippen LogP contribution is 2.31. The number of likely N-dealkylation sites (tertiary alicyclic amines) is 1. The first-order chi connectivity index (χ1) is 11.3. The Balaban J connectivity index is 1.69. The van der Waals surface area contributed by atoms with Gasteiger partial charge < -0.3 is 16.0 Å². The number of piperidine rings is 1. The number of hydrogen-bond donors (Lipinski definition) is 3. The van der Waals surface area contributed by atoms with E-state index in [0.717, 1.165) is 5.56 Å². The van der Waals surface area contributed by atoms with Gasteiger partial charge in [0.2, 0.25) is 0 Å². The van der Waals surface area contributed by atoms with E-state index >= 15 is 0 Å². The number of aryl methyl sites for hydroxylation is 1. The molecule has 4 N–H and O–H groups in total. The summed E-state index contributed by atoms with van der Waals surface area (Å²) in [6, 6.07) is 4.88. The second-order valence-corrected chi connectivity index (χ2v) is 6.75. The molecule has 4 amide bonds. The Morgan fingerprint density at radius 2 is 1.96 bits per heavy atom. The third kappa shape index (κ3) is 2.70. The Kier molecular flexibility index (Phi) is 3.95. The van der Waals surface area contributed by atoms with Gasteiger partial charge >= 0.3 is 6.03 Å². The summed E-state index contributed by atoms with van der Waals surface area (Å²) in [4.78, 5) is 38.0. The van der Waals surface area contributed by atoms with Crippen molar-refractivity contribution < 1.29 is 14.4 Å². The number of imide groups is 1. The minimum Gasteiger partial charge on any atom is -0.399 e. The fourth-order valence-corrected chi connectivity index (χ4v) is 3.54. The zero-order valence-electron chi connectivity index (χ0n) is 13.9. The third-order valence-corrected chi connectivity index (χ3v) is 5.16. The van der Waals surface area contributed by atoms with Gasteiger partial charge in [-0.1, -0.05) is 6.07 Å². The van der Waals surface area contributed by atoms with Crippen molar-refractivity contribution in [2.45, 2.75) is 32.2 Å². The topological polar surface area (TPSA) is 105 Å². The van der Waals surface area contributed by atoms with Gasteiger partial charge in [-0.3, -0.25) is 14.9 Å². The first kappa shape index (κ1) is 16.3. The maximum absolute atomic E-state index is 12.7. The number of nitrogens with two attached hydrogens (primary N) is 1. The molecular weight excluding hydrogens is 308 g/mol. The quantitative estimate of drug-likeness (QED) is 0.556. The van der Waals surface area contributed by atoms with Gasteiger partial charge in [0.05, 0.1) is 0 Å². The van der Waals surface area contributed by atoms with E-state index in [1.54, 1.807) is 24.0 Å². The summed E-state index contributed by atoms with van der Waals surface area (Å²) in [6.07, 6.45) is 1.33. The molecule has 2 saturated heterocycles. The summed E-state index contributed by atoms with van der Waals surface area (Å²) in [5, 5.41) is 5.02. The average Bonchev–Trinajstić information content (AvgIpc) is 2.82. The molecule has 24 heavy (non-hydrogen) atoms. The zero-order chi connectivity index (χ0) is 17.5. The smallest absolute Gasteiger partial charge is 0.322 e. The second-order valence-electron chi connectivity index (χ2n) is 6.75. The molecule has 128 valence electrons. The molecule has 1 aromatic rings. The largest absolute Gasteiger partial charge is 0.399 e. The number of amides is 4. The molecule has 2 fully saturated rings. The number of carbonyl (C=O) groups is 3. The number of urea groups is 1. The number of carbonyl (C=O) groups excluding carboxylic acids is 3. The number of anilines is 1. The maximum atomic E-state index is 12.7. The predicted molar refractivity (Wildman–Crippen MR) is 89.3 cm³/mol. The normalized spacial score (nSPS) is 24.7. The van der Waals surface area contributed by atoms with Crippen molar-refractivity contribution in [3.8, 4) is 0 Å². The van der Waals surface area contributed by atoms with Crippen LogP contribution < -0.4 is 16.4 Å². The first-order valence-corrected chi connectivity index (χ1v) is 8.10. The van der Waals surface area contributed by atoms with E-state index < -0.39 is 11.6 Å². The highest BCUT2D eigenvalue weighted by atomic mass is 16.2. The molecular formula is C17H22N4O3. The first-order valence-electron chi connectivity index (χ1n) is 8.10. The minimum atomic E-state index is -0.890. The molecule has 0 bridgehead atoms. The molecule has 2 aliphatic rings. The number of hydrogen-bond acceptors (Lipinski definition) is 4. The van der Waals surface area contributed by atoms with Crippen LogP contribution in [-0.2, 0) is 4.79 Å². The zero-order valence-corrected chi connectivity index (χ0v) is 13.9. The van der Waals surface area contributed by atoms with Crippen molar-refractivity contribution in [1.29, 1.82) is 0 Å².